The van der Waals surface area contributed by atoms with Crippen molar-refractivity contribution in [3.63, 3.8) is 0 Å². The Hall–Kier alpha value is -3.38. The molecule has 4 heterocycles. The van der Waals surface area contributed by atoms with Gasteiger partial charge in [-0.15, -0.1) is 0 Å². The average Bonchev–Trinajstić information content (AvgIpc) is 2.58. The molecular formula is C68H112N4O12P+. The van der Waals surface area contributed by atoms with Gasteiger partial charge in [0.15, 0.2) is 6.29 Å². The lowest BCUT2D eigenvalue weighted by atomic mass is 9.68. The average molecular weight is 1210 g/mol. The molecule has 5 N–H and O–H groups in total. The van der Waals surface area contributed by atoms with Crippen molar-refractivity contribution in [3.8, 4) is 0 Å². The van der Waals surface area contributed by atoms with E-state index in [4.69, 9.17) is 28.8 Å². The molecule has 3 aliphatic rings. The van der Waals surface area contributed by atoms with Crippen molar-refractivity contribution < 1.29 is 58.8 Å². The van der Waals surface area contributed by atoms with Gasteiger partial charge in [0.25, 0.3) is 0 Å². The Morgan fingerprint density at radius 3 is 1.89 bits per heavy atom. The van der Waals surface area contributed by atoms with E-state index in [0.717, 1.165) is 44.7 Å². The van der Waals surface area contributed by atoms with Crippen LogP contribution in [0.25, 0.3) is 0 Å². The minimum absolute atomic E-state index is 0.106. The summed E-state index contributed by atoms with van der Waals surface area (Å²) in [5.41, 5.74) is -4.72. The largest absolute Gasteiger partial charge is 0.459 e. The molecule has 3 aromatic rings. The van der Waals surface area contributed by atoms with Crippen LogP contribution in [-0.4, -0.2) is 175 Å². The van der Waals surface area contributed by atoms with Gasteiger partial charge < -0.3 is 59.0 Å². The first-order chi connectivity index (χ1) is 40.1. The Balaban J connectivity index is 1.13. The maximum atomic E-state index is 14.8. The molecule has 0 aliphatic carbocycles. The standard InChI is InChI=1S/C68H112N4O12P/c1-16-57-68(12,79)61(75)50(8)71(58(73)37-31-23-21-19-17-18-20-22-24-32-38-85(52-33-27-25-28-34-52,53-35-29-26-30-36-53)54-42-69-72(44-54)45(2)3)43-46(4)40-66(10,78)63(84-65-60(74)55(70(13)14)39-47(5)81-65)48(6)59(49(7)64(77)83-57)56-41-67(11,80-15)62(76)51(9)82-56/h25-30,33-36,42,44-51,55-57,59-63,65,74-76,78-79H,16-24,31-32,37-41,43H2,1-15H3/q+1/t46-,47-,48+,49-,50-,51+,55+,56?,57-,59+,60-,61-,62+,63-,65+,66-,67-,68-/m1/s1. The van der Waals surface area contributed by atoms with Crippen molar-refractivity contribution in [3.05, 3.63) is 73.1 Å². The van der Waals surface area contributed by atoms with Crippen molar-refractivity contribution in [2.24, 2.45) is 23.7 Å². The molecule has 0 radical (unpaired) electrons. The summed E-state index contributed by atoms with van der Waals surface area (Å²) in [4.78, 5) is 33.1. The fourth-order valence-electron chi connectivity index (χ4n) is 14.6. The van der Waals surface area contributed by atoms with E-state index in [1.54, 1.807) is 39.5 Å². The van der Waals surface area contributed by atoms with Crippen LogP contribution in [0.2, 0.25) is 0 Å². The second-order valence-electron chi connectivity index (χ2n) is 27.1. The van der Waals surface area contributed by atoms with Crippen molar-refractivity contribution in [2.45, 2.75) is 269 Å². The van der Waals surface area contributed by atoms with Gasteiger partial charge in [0, 0.05) is 44.5 Å². The summed E-state index contributed by atoms with van der Waals surface area (Å²) in [6, 6.07) is 21.2. The molecule has 480 valence electrons. The number of carbonyl (C=O) groups is 2. The maximum Gasteiger partial charge on any atom is 0.309 e. The summed E-state index contributed by atoms with van der Waals surface area (Å²) >= 11 is 0. The summed E-state index contributed by atoms with van der Waals surface area (Å²) in [5.74, 6) is -3.63. The highest BCUT2D eigenvalue weighted by Gasteiger charge is 2.55. The monoisotopic (exact) mass is 1210 g/mol. The highest BCUT2D eigenvalue weighted by Crippen LogP contribution is 2.56. The Bertz CT molecular complexity index is 2440. The predicted molar refractivity (Wildman–Crippen MR) is 339 cm³/mol. The molecule has 0 spiro atoms. The van der Waals surface area contributed by atoms with Gasteiger partial charge in [-0.25, -0.2) is 0 Å². The van der Waals surface area contributed by atoms with Crippen LogP contribution < -0.4 is 15.9 Å². The number of rotatable bonds is 23. The molecule has 0 saturated carbocycles. The second-order valence-corrected chi connectivity index (χ2v) is 30.7. The first kappa shape index (κ1) is 70.7. The molecule has 1 amide bonds. The Morgan fingerprint density at radius 1 is 0.800 bits per heavy atom. The molecule has 3 saturated heterocycles. The molecule has 0 bridgehead atoms. The molecule has 3 fully saturated rings. The summed E-state index contributed by atoms with van der Waals surface area (Å²) < 4.78 is 34.3. The molecular weight excluding hydrogens is 1100 g/mol. The number of hydrogen-bond acceptors (Lipinski definition) is 14. The number of aromatic nitrogens is 2. The van der Waals surface area contributed by atoms with Gasteiger partial charge in [-0.1, -0.05) is 109 Å². The number of amides is 1. The van der Waals surface area contributed by atoms with Crippen LogP contribution in [0.1, 0.15) is 185 Å². The van der Waals surface area contributed by atoms with E-state index >= 15 is 0 Å². The number of likely N-dealkylation sites (N-methyl/N-ethyl adjacent to an activating group) is 1. The first-order valence-corrected chi connectivity index (χ1v) is 34.3. The van der Waals surface area contributed by atoms with Crippen LogP contribution in [0.15, 0.2) is 73.1 Å². The number of aliphatic hydroxyl groups excluding tert-OH is 3. The summed E-state index contributed by atoms with van der Waals surface area (Å²) in [5, 5.41) is 69.9. The van der Waals surface area contributed by atoms with Gasteiger partial charge in [-0.05, 0) is 144 Å². The van der Waals surface area contributed by atoms with Crippen LogP contribution in [0.5, 0.6) is 0 Å². The smallest absolute Gasteiger partial charge is 0.309 e. The van der Waals surface area contributed by atoms with Gasteiger partial charge >= 0.3 is 5.97 Å². The molecule has 1 aromatic heterocycles. The minimum atomic E-state index is -1.98. The summed E-state index contributed by atoms with van der Waals surface area (Å²) in [6.07, 6.45) is 8.53. The molecule has 3 aliphatic heterocycles. The highest BCUT2D eigenvalue weighted by molar-refractivity contribution is 7.95. The number of carbonyl (C=O) groups excluding carboxylic acids is 2. The number of aliphatic hydroxyl groups is 5. The van der Waals surface area contributed by atoms with Crippen LogP contribution in [0.3, 0.4) is 0 Å². The van der Waals surface area contributed by atoms with E-state index in [2.05, 4.69) is 91.6 Å². The SMILES string of the molecule is CC[C@H]1OC(=O)[C@H](C)[C@@H](C2C[C@@](C)(OC)[C@@H](O)[C@H](C)O2)[C@H](C)[C@@H](O[C@@H]2O[C@H](C)C[C@H](N(C)C)[C@H]2O)[C@](C)(O)C[C@@H](C)CN(C(=O)CCCCCCCCCCCC[P+](c2ccccc2)(c2ccccc2)c2cnn(C(C)C)c2)[C@H](C)[C@@H](O)[C@]1(C)O. The third-order valence-corrected chi connectivity index (χ3v) is 24.1. The van der Waals surface area contributed by atoms with Crippen molar-refractivity contribution >= 4 is 35.1 Å². The molecule has 16 nitrogen and oxygen atoms in total. The van der Waals surface area contributed by atoms with E-state index in [1.165, 1.54) is 49.2 Å². The Morgan fingerprint density at radius 2 is 1.36 bits per heavy atom. The van der Waals surface area contributed by atoms with Gasteiger partial charge in [-0.2, -0.15) is 5.10 Å². The highest BCUT2D eigenvalue weighted by atomic mass is 31.2. The third-order valence-electron chi connectivity index (χ3n) is 19.7. The van der Waals surface area contributed by atoms with Crippen LogP contribution in [-0.2, 0) is 33.3 Å². The van der Waals surface area contributed by atoms with Gasteiger partial charge in [-0.3, -0.25) is 14.3 Å². The quantitative estimate of drug-likeness (QED) is 0.0341. The van der Waals surface area contributed by atoms with E-state index < -0.39 is 103 Å². The number of esters is 1. The molecule has 1 unspecified atom stereocenters. The van der Waals surface area contributed by atoms with Crippen molar-refractivity contribution in [1.82, 2.24) is 19.6 Å². The number of benzene rings is 2. The number of nitrogens with zero attached hydrogens (tertiary/aromatic N) is 4. The molecule has 6 rings (SSSR count). The molecule has 18 atom stereocenters. The number of ether oxygens (including phenoxy) is 5. The molecule has 2 aromatic carbocycles. The number of hydrogen-bond donors (Lipinski definition) is 5. The van der Waals surface area contributed by atoms with Crippen molar-refractivity contribution in [1.29, 1.82) is 0 Å². The number of cyclic esters (lactones) is 1. The third kappa shape index (κ3) is 17.1. The topological polar surface area (TPSA) is 206 Å². The second kappa shape index (κ2) is 31.4. The van der Waals surface area contributed by atoms with Crippen LogP contribution in [0, 0.1) is 23.7 Å². The fraction of sp³-hybridized carbons (Fsp3) is 0.750. The van der Waals surface area contributed by atoms with E-state index in [9.17, 15) is 35.1 Å². The zero-order chi connectivity index (χ0) is 62.6. The Labute approximate surface area is 511 Å². The molecule has 17 heteroatoms. The number of methoxy groups -OCH3 is 1. The van der Waals surface area contributed by atoms with Gasteiger partial charge in [0.05, 0.1) is 66.1 Å². The summed E-state index contributed by atoms with van der Waals surface area (Å²) in [6.45, 7) is 22.2. The molecule has 85 heavy (non-hydrogen) atoms. The number of unbranched alkanes of at least 4 members (excludes halogenated alkanes) is 9. The minimum Gasteiger partial charge on any atom is -0.459 e. The van der Waals surface area contributed by atoms with E-state index in [1.807, 2.05) is 46.7 Å². The zero-order valence-electron chi connectivity index (χ0n) is 54.5. The lowest BCUT2D eigenvalue weighted by Gasteiger charge is -2.51. The zero-order valence-corrected chi connectivity index (χ0v) is 55.4. The normalized spacial score (nSPS) is 34.9. The van der Waals surface area contributed by atoms with Gasteiger partial charge in [0.1, 0.15) is 53.2 Å². The first-order valence-electron chi connectivity index (χ1n) is 32.4. The van der Waals surface area contributed by atoms with Crippen LogP contribution >= 0.6 is 7.26 Å². The fourth-order valence-corrected chi connectivity index (χ4v) is 18.9. The van der Waals surface area contributed by atoms with E-state index in [-0.39, 0.29) is 62.2 Å². The van der Waals surface area contributed by atoms with Crippen LogP contribution in [0.4, 0.5) is 0 Å². The van der Waals surface area contributed by atoms with E-state index in [0.29, 0.717) is 12.8 Å². The Kier molecular flexibility index (Phi) is 26.1. The lowest BCUT2D eigenvalue weighted by Crippen LogP contribution is -2.61. The maximum absolute atomic E-state index is 14.8. The predicted octanol–water partition coefficient (Wildman–Crippen LogP) is 9.13. The van der Waals surface area contributed by atoms with Gasteiger partial charge in [0.2, 0.25) is 5.91 Å². The van der Waals surface area contributed by atoms with Crippen molar-refractivity contribution in [2.75, 3.05) is 33.9 Å². The lowest BCUT2D eigenvalue weighted by molar-refractivity contribution is -0.302. The summed E-state index contributed by atoms with van der Waals surface area (Å²) in [7, 11) is 3.39.